The maximum Gasteiger partial charge on any atom is 0.270 e. The van der Waals surface area contributed by atoms with Crippen molar-refractivity contribution in [1.82, 2.24) is 10.2 Å². The van der Waals surface area contributed by atoms with Crippen molar-refractivity contribution in [3.63, 3.8) is 0 Å². The van der Waals surface area contributed by atoms with Crippen LogP contribution < -0.4 is 5.32 Å². The number of nitro benzene ring substituents is 1. The van der Waals surface area contributed by atoms with Crippen molar-refractivity contribution in [3.8, 4) is 0 Å². The van der Waals surface area contributed by atoms with Crippen LogP contribution in [0.5, 0.6) is 0 Å². The predicted molar refractivity (Wildman–Crippen MR) is 111 cm³/mol. The zero-order chi connectivity index (χ0) is 22.0. The number of rotatable bonds is 6. The summed E-state index contributed by atoms with van der Waals surface area (Å²) in [6.07, 6.45) is 0. The average Bonchev–Trinajstić information content (AvgIpc) is 3.03. The van der Waals surface area contributed by atoms with Crippen molar-refractivity contribution >= 4 is 23.4 Å². The lowest BCUT2D eigenvalue weighted by Gasteiger charge is -2.21. The quantitative estimate of drug-likeness (QED) is 0.378. The van der Waals surface area contributed by atoms with Gasteiger partial charge in [0.2, 0.25) is 5.91 Å². The van der Waals surface area contributed by atoms with Gasteiger partial charge in [0, 0.05) is 12.1 Å². The predicted octanol–water partition coefficient (Wildman–Crippen LogP) is 3.10. The number of imide groups is 1. The molecule has 0 saturated carbocycles. The van der Waals surface area contributed by atoms with E-state index in [0.29, 0.717) is 0 Å². The van der Waals surface area contributed by atoms with Crippen molar-refractivity contribution < 1.29 is 19.3 Å². The Bertz CT molecular complexity index is 1140. The smallest absolute Gasteiger partial charge is 0.270 e. The summed E-state index contributed by atoms with van der Waals surface area (Å²) in [5.74, 6) is -1.91. The third-order valence-corrected chi connectivity index (χ3v) is 5.04. The van der Waals surface area contributed by atoms with E-state index in [9.17, 15) is 24.5 Å². The van der Waals surface area contributed by atoms with E-state index >= 15 is 0 Å². The molecule has 3 aromatic carbocycles. The molecule has 1 heterocycles. The van der Waals surface area contributed by atoms with E-state index in [2.05, 4.69) is 5.32 Å². The van der Waals surface area contributed by atoms with E-state index in [1.165, 1.54) is 6.07 Å². The third-order valence-electron chi connectivity index (χ3n) is 5.04. The van der Waals surface area contributed by atoms with Gasteiger partial charge >= 0.3 is 0 Å². The van der Waals surface area contributed by atoms with Gasteiger partial charge in [0.05, 0.1) is 22.1 Å². The summed E-state index contributed by atoms with van der Waals surface area (Å²) in [5.41, 5.74) is 1.38. The zero-order valence-corrected chi connectivity index (χ0v) is 16.2. The van der Waals surface area contributed by atoms with Crippen LogP contribution in [0.25, 0.3) is 0 Å². The van der Waals surface area contributed by atoms with Crippen LogP contribution in [0.4, 0.5) is 5.69 Å². The van der Waals surface area contributed by atoms with Crippen molar-refractivity contribution in [3.05, 3.63) is 111 Å². The molecule has 8 heteroatoms. The number of non-ortho nitro benzene ring substituents is 1. The Morgan fingerprint density at radius 3 is 1.97 bits per heavy atom. The highest BCUT2D eigenvalue weighted by Crippen LogP contribution is 2.27. The number of amides is 3. The number of carbonyl (C=O) groups excluding carboxylic acids is 3. The van der Waals surface area contributed by atoms with Gasteiger partial charge in [0.25, 0.3) is 17.5 Å². The Hall–Kier alpha value is -4.33. The monoisotopic (exact) mass is 415 g/mol. The highest BCUT2D eigenvalue weighted by atomic mass is 16.6. The largest absolute Gasteiger partial charge is 0.344 e. The number of hydrogen-bond donors (Lipinski definition) is 1. The van der Waals surface area contributed by atoms with Gasteiger partial charge in [-0.3, -0.25) is 29.4 Å². The molecule has 1 aliphatic heterocycles. The summed E-state index contributed by atoms with van der Waals surface area (Å²) in [5, 5.41) is 13.9. The fraction of sp³-hybridized carbons (Fsp3) is 0.0870. The lowest BCUT2D eigenvalue weighted by atomic mass is 9.99. The first-order valence-corrected chi connectivity index (χ1v) is 9.49. The standard InChI is InChI=1S/C23H17N3O5/c27-20(24-21(15-7-3-1-4-8-15)16-9-5-2-6-10-16)14-25-22(28)18-12-11-17(26(30)31)13-19(18)23(25)29/h1-13,21H,14H2,(H,24,27). The van der Waals surface area contributed by atoms with Gasteiger partial charge in [-0.1, -0.05) is 60.7 Å². The Morgan fingerprint density at radius 2 is 1.42 bits per heavy atom. The topological polar surface area (TPSA) is 110 Å². The number of carbonyl (C=O) groups is 3. The van der Waals surface area contributed by atoms with Crippen LogP contribution in [0.3, 0.4) is 0 Å². The Labute approximate surface area is 177 Å². The molecule has 154 valence electrons. The lowest BCUT2D eigenvalue weighted by Crippen LogP contribution is -2.41. The fourth-order valence-corrected chi connectivity index (χ4v) is 3.54. The van der Waals surface area contributed by atoms with Crippen LogP contribution in [-0.2, 0) is 4.79 Å². The lowest BCUT2D eigenvalue weighted by molar-refractivity contribution is -0.384. The van der Waals surface area contributed by atoms with E-state index < -0.39 is 35.2 Å². The maximum absolute atomic E-state index is 12.8. The number of benzene rings is 3. The van der Waals surface area contributed by atoms with Crippen LogP contribution in [0, 0.1) is 10.1 Å². The van der Waals surface area contributed by atoms with Crippen molar-refractivity contribution in [2.45, 2.75) is 6.04 Å². The number of hydrogen-bond acceptors (Lipinski definition) is 5. The first-order chi connectivity index (χ1) is 15.0. The van der Waals surface area contributed by atoms with Crippen LogP contribution in [0.2, 0.25) is 0 Å². The fourth-order valence-electron chi connectivity index (χ4n) is 3.54. The second-order valence-corrected chi connectivity index (χ2v) is 7.01. The summed E-state index contributed by atoms with van der Waals surface area (Å²) >= 11 is 0. The minimum absolute atomic E-state index is 0.0473. The Balaban J connectivity index is 1.55. The molecular formula is C23H17N3O5. The first kappa shape index (κ1) is 20.0. The molecule has 0 aliphatic carbocycles. The molecule has 3 aromatic rings. The molecule has 0 bridgehead atoms. The van der Waals surface area contributed by atoms with Gasteiger partial charge in [-0.25, -0.2) is 0 Å². The van der Waals surface area contributed by atoms with Crippen LogP contribution >= 0.6 is 0 Å². The second-order valence-electron chi connectivity index (χ2n) is 7.01. The molecule has 0 aromatic heterocycles. The zero-order valence-electron chi connectivity index (χ0n) is 16.2. The number of fused-ring (bicyclic) bond motifs is 1. The summed E-state index contributed by atoms with van der Waals surface area (Å²) in [7, 11) is 0. The minimum atomic E-state index is -0.727. The van der Waals surface area contributed by atoms with Crippen molar-refractivity contribution in [1.29, 1.82) is 0 Å². The summed E-state index contributed by atoms with van der Waals surface area (Å²) < 4.78 is 0. The van der Waals surface area contributed by atoms with Crippen molar-refractivity contribution in [2.24, 2.45) is 0 Å². The average molecular weight is 415 g/mol. The molecule has 0 spiro atoms. The molecule has 4 rings (SSSR count). The van der Waals surface area contributed by atoms with Gasteiger partial charge in [0.1, 0.15) is 6.54 Å². The van der Waals surface area contributed by atoms with Gasteiger partial charge in [-0.05, 0) is 17.2 Å². The van der Waals surface area contributed by atoms with E-state index in [-0.39, 0.29) is 16.8 Å². The minimum Gasteiger partial charge on any atom is -0.344 e. The first-order valence-electron chi connectivity index (χ1n) is 9.49. The molecule has 3 amide bonds. The van der Waals surface area contributed by atoms with Crippen LogP contribution in [0.1, 0.15) is 37.9 Å². The number of nitro groups is 1. The molecule has 0 radical (unpaired) electrons. The van der Waals surface area contributed by atoms with Crippen LogP contribution in [0.15, 0.2) is 78.9 Å². The normalized spacial score (nSPS) is 12.7. The molecule has 0 atom stereocenters. The van der Waals surface area contributed by atoms with Crippen molar-refractivity contribution in [2.75, 3.05) is 6.54 Å². The highest BCUT2D eigenvalue weighted by Gasteiger charge is 2.38. The number of nitrogens with one attached hydrogen (secondary N) is 1. The summed E-state index contributed by atoms with van der Waals surface area (Å²) in [6, 6.07) is 21.6. The second kappa shape index (κ2) is 8.19. The van der Waals surface area contributed by atoms with E-state index in [4.69, 9.17) is 0 Å². The van der Waals surface area contributed by atoms with Gasteiger partial charge < -0.3 is 5.32 Å². The van der Waals surface area contributed by atoms with E-state index in [1.807, 2.05) is 60.7 Å². The van der Waals surface area contributed by atoms with Gasteiger partial charge in [-0.15, -0.1) is 0 Å². The molecule has 1 aliphatic rings. The molecule has 0 fully saturated rings. The molecule has 0 saturated heterocycles. The van der Waals surface area contributed by atoms with Gasteiger partial charge in [0.15, 0.2) is 0 Å². The van der Waals surface area contributed by atoms with Gasteiger partial charge in [-0.2, -0.15) is 0 Å². The SMILES string of the molecule is O=C(CN1C(=O)c2ccc([N+](=O)[O-])cc2C1=O)NC(c1ccccc1)c1ccccc1. The third kappa shape index (κ3) is 3.91. The molecular weight excluding hydrogens is 398 g/mol. The van der Waals surface area contributed by atoms with Crippen LogP contribution in [-0.4, -0.2) is 34.1 Å². The molecule has 31 heavy (non-hydrogen) atoms. The molecule has 0 unspecified atom stereocenters. The Kier molecular flexibility index (Phi) is 5.28. The summed E-state index contributed by atoms with van der Waals surface area (Å²) in [4.78, 5) is 49.2. The highest BCUT2D eigenvalue weighted by molar-refractivity contribution is 6.22. The molecule has 1 N–H and O–H groups in total. The molecule has 8 nitrogen and oxygen atoms in total. The maximum atomic E-state index is 12.8. The van der Waals surface area contributed by atoms with E-state index in [1.54, 1.807) is 0 Å². The summed E-state index contributed by atoms with van der Waals surface area (Å²) in [6.45, 7) is -0.490. The Morgan fingerprint density at radius 1 is 0.871 bits per heavy atom. The van der Waals surface area contributed by atoms with E-state index in [0.717, 1.165) is 28.2 Å². The number of nitrogens with zero attached hydrogens (tertiary/aromatic N) is 2.